The Morgan fingerprint density at radius 2 is 1.56 bits per heavy atom. The number of rotatable bonds is 7. The normalized spacial score (nSPS) is 11.5. The van der Waals surface area contributed by atoms with Gasteiger partial charge in [-0.05, 0) is 61.0 Å². The van der Waals surface area contributed by atoms with Crippen LogP contribution in [0.15, 0.2) is 78.9 Å². The molecule has 0 radical (unpaired) electrons. The average Bonchev–Trinajstić information content (AvgIpc) is 2.70. The minimum atomic E-state index is -0.639. The van der Waals surface area contributed by atoms with Crippen molar-refractivity contribution in [2.75, 3.05) is 5.32 Å². The average molecular weight is 382 g/mol. The van der Waals surface area contributed by atoms with Gasteiger partial charge < -0.3 is 14.8 Å². The van der Waals surface area contributed by atoms with E-state index in [2.05, 4.69) is 5.32 Å². The lowest BCUT2D eigenvalue weighted by molar-refractivity contribution is -0.122. The van der Waals surface area contributed by atoms with Crippen molar-refractivity contribution in [3.05, 3.63) is 89.4 Å². The number of amides is 1. The first-order valence-electron chi connectivity index (χ1n) is 8.60. The second-order valence-corrected chi connectivity index (χ2v) is 6.44. The summed E-state index contributed by atoms with van der Waals surface area (Å²) >= 11 is 5.84. The highest BCUT2D eigenvalue weighted by Crippen LogP contribution is 2.19. The van der Waals surface area contributed by atoms with Crippen LogP contribution in [-0.2, 0) is 11.4 Å². The van der Waals surface area contributed by atoms with E-state index >= 15 is 0 Å². The molecule has 3 aromatic rings. The van der Waals surface area contributed by atoms with Crippen LogP contribution in [0.25, 0.3) is 0 Å². The second-order valence-electron chi connectivity index (χ2n) is 6.00. The van der Waals surface area contributed by atoms with Gasteiger partial charge in [-0.25, -0.2) is 0 Å². The summed E-state index contributed by atoms with van der Waals surface area (Å²) < 4.78 is 11.4. The standard InChI is InChI=1S/C22H20ClNO3/c1-16(27-21-11-7-18(23)8-12-21)22(25)24-19-9-13-20(14-10-19)26-15-17-5-3-2-4-6-17/h2-14,16H,15H2,1H3,(H,24,25)/t16-/m1/s1. The van der Waals surface area contributed by atoms with Gasteiger partial charge in [-0.2, -0.15) is 0 Å². The summed E-state index contributed by atoms with van der Waals surface area (Å²) in [5, 5.41) is 3.45. The molecule has 0 fully saturated rings. The number of benzene rings is 3. The number of halogens is 1. The summed E-state index contributed by atoms with van der Waals surface area (Å²) in [4.78, 5) is 12.3. The summed E-state index contributed by atoms with van der Waals surface area (Å²) in [6.45, 7) is 2.19. The minimum Gasteiger partial charge on any atom is -0.489 e. The van der Waals surface area contributed by atoms with E-state index in [0.29, 0.717) is 23.1 Å². The Kier molecular flexibility index (Phi) is 6.34. The van der Waals surface area contributed by atoms with Gasteiger partial charge in [0, 0.05) is 10.7 Å². The number of anilines is 1. The first-order valence-corrected chi connectivity index (χ1v) is 8.98. The molecule has 3 aromatic carbocycles. The Morgan fingerprint density at radius 3 is 2.22 bits per heavy atom. The Morgan fingerprint density at radius 1 is 0.926 bits per heavy atom. The summed E-state index contributed by atoms with van der Waals surface area (Å²) in [6.07, 6.45) is -0.639. The van der Waals surface area contributed by atoms with Gasteiger partial charge in [0.25, 0.3) is 5.91 Å². The van der Waals surface area contributed by atoms with Gasteiger partial charge in [0.05, 0.1) is 0 Å². The molecule has 0 unspecified atom stereocenters. The van der Waals surface area contributed by atoms with Crippen LogP contribution >= 0.6 is 11.6 Å². The molecular weight excluding hydrogens is 362 g/mol. The van der Waals surface area contributed by atoms with Gasteiger partial charge in [-0.3, -0.25) is 4.79 Å². The maximum absolute atomic E-state index is 12.3. The van der Waals surface area contributed by atoms with Crippen LogP contribution in [0.5, 0.6) is 11.5 Å². The lowest BCUT2D eigenvalue weighted by atomic mass is 10.2. The fraction of sp³-hybridized carbons (Fsp3) is 0.136. The largest absolute Gasteiger partial charge is 0.489 e. The maximum Gasteiger partial charge on any atom is 0.265 e. The van der Waals surface area contributed by atoms with Gasteiger partial charge in [-0.15, -0.1) is 0 Å². The van der Waals surface area contributed by atoms with E-state index in [1.54, 1.807) is 43.3 Å². The van der Waals surface area contributed by atoms with E-state index in [1.807, 2.05) is 42.5 Å². The van der Waals surface area contributed by atoms with Crippen molar-refractivity contribution in [3.63, 3.8) is 0 Å². The molecule has 0 aliphatic rings. The van der Waals surface area contributed by atoms with Gasteiger partial charge in [0.15, 0.2) is 6.10 Å². The van der Waals surface area contributed by atoms with Crippen molar-refractivity contribution >= 4 is 23.2 Å². The van der Waals surface area contributed by atoms with Gasteiger partial charge in [-0.1, -0.05) is 41.9 Å². The summed E-state index contributed by atoms with van der Waals surface area (Å²) in [5.74, 6) is 1.09. The molecule has 4 nitrogen and oxygen atoms in total. The topological polar surface area (TPSA) is 47.6 Å². The van der Waals surface area contributed by atoms with E-state index in [9.17, 15) is 4.79 Å². The fourth-order valence-corrected chi connectivity index (χ4v) is 2.52. The van der Waals surface area contributed by atoms with Gasteiger partial charge >= 0.3 is 0 Å². The van der Waals surface area contributed by atoms with E-state index in [0.717, 1.165) is 11.3 Å². The lowest BCUT2D eigenvalue weighted by Crippen LogP contribution is -2.30. The third-order valence-electron chi connectivity index (χ3n) is 3.87. The predicted octanol–water partition coefficient (Wildman–Crippen LogP) is 5.33. The van der Waals surface area contributed by atoms with Gasteiger partial charge in [0.2, 0.25) is 0 Å². The predicted molar refractivity (Wildman–Crippen MR) is 107 cm³/mol. The van der Waals surface area contributed by atoms with Crippen LogP contribution < -0.4 is 14.8 Å². The number of ether oxygens (including phenoxy) is 2. The first-order chi connectivity index (χ1) is 13.1. The molecule has 3 rings (SSSR count). The minimum absolute atomic E-state index is 0.233. The van der Waals surface area contributed by atoms with E-state index < -0.39 is 6.10 Å². The van der Waals surface area contributed by atoms with E-state index in [1.165, 1.54) is 0 Å². The molecule has 0 aliphatic carbocycles. The number of nitrogens with one attached hydrogen (secondary N) is 1. The number of hydrogen-bond donors (Lipinski definition) is 1. The summed E-state index contributed by atoms with van der Waals surface area (Å²) in [6, 6.07) is 24.1. The van der Waals surface area contributed by atoms with E-state index in [-0.39, 0.29) is 5.91 Å². The van der Waals surface area contributed by atoms with E-state index in [4.69, 9.17) is 21.1 Å². The molecule has 0 aromatic heterocycles. The van der Waals surface area contributed by atoms with Crippen molar-refractivity contribution in [2.24, 2.45) is 0 Å². The first kappa shape index (κ1) is 18.8. The zero-order chi connectivity index (χ0) is 19.1. The molecule has 0 aliphatic heterocycles. The second kappa shape index (κ2) is 9.10. The smallest absolute Gasteiger partial charge is 0.265 e. The highest BCUT2D eigenvalue weighted by molar-refractivity contribution is 6.30. The monoisotopic (exact) mass is 381 g/mol. The van der Waals surface area contributed by atoms with Crippen molar-refractivity contribution in [3.8, 4) is 11.5 Å². The van der Waals surface area contributed by atoms with Crippen LogP contribution in [0.3, 0.4) is 0 Å². The molecule has 0 bridgehead atoms. The van der Waals surface area contributed by atoms with Crippen LogP contribution in [0, 0.1) is 0 Å². The molecule has 1 N–H and O–H groups in total. The van der Waals surface area contributed by atoms with Crippen LogP contribution in [0.2, 0.25) is 5.02 Å². The molecule has 0 saturated carbocycles. The molecule has 1 atom stereocenters. The number of carbonyl (C=O) groups excluding carboxylic acids is 1. The highest BCUT2D eigenvalue weighted by atomic mass is 35.5. The third kappa shape index (κ3) is 5.76. The van der Waals surface area contributed by atoms with Gasteiger partial charge in [0.1, 0.15) is 18.1 Å². The Bertz CT molecular complexity index is 864. The van der Waals surface area contributed by atoms with Crippen LogP contribution in [0.4, 0.5) is 5.69 Å². The SMILES string of the molecule is C[C@@H](Oc1ccc(Cl)cc1)C(=O)Nc1ccc(OCc2ccccc2)cc1. The molecule has 27 heavy (non-hydrogen) atoms. The van der Waals surface area contributed by atoms with Crippen molar-refractivity contribution in [1.82, 2.24) is 0 Å². The van der Waals surface area contributed by atoms with Crippen molar-refractivity contribution in [1.29, 1.82) is 0 Å². The highest BCUT2D eigenvalue weighted by Gasteiger charge is 2.15. The van der Waals surface area contributed by atoms with Crippen LogP contribution in [-0.4, -0.2) is 12.0 Å². The Hall–Kier alpha value is -2.98. The Labute approximate surface area is 163 Å². The molecule has 0 saturated heterocycles. The third-order valence-corrected chi connectivity index (χ3v) is 4.12. The van der Waals surface area contributed by atoms with Crippen molar-refractivity contribution < 1.29 is 14.3 Å². The molecule has 0 heterocycles. The quantitative estimate of drug-likeness (QED) is 0.602. The molecule has 5 heteroatoms. The summed E-state index contributed by atoms with van der Waals surface area (Å²) in [7, 11) is 0. The number of hydrogen-bond acceptors (Lipinski definition) is 3. The zero-order valence-corrected chi connectivity index (χ0v) is 15.6. The molecule has 0 spiro atoms. The molecule has 1 amide bonds. The molecule has 138 valence electrons. The molecular formula is C22H20ClNO3. The number of carbonyl (C=O) groups is 1. The zero-order valence-electron chi connectivity index (χ0n) is 14.9. The van der Waals surface area contributed by atoms with Crippen LogP contribution in [0.1, 0.15) is 12.5 Å². The summed E-state index contributed by atoms with van der Waals surface area (Å²) in [5.41, 5.74) is 1.78. The Balaban J connectivity index is 1.51. The maximum atomic E-state index is 12.3. The van der Waals surface area contributed by atoms with Crippen molar-refractivity contribution in [2.45, 2.75) is 19.6 Å². The fourth-order valence-electron chi connectivity index (χ4n) is 2.39. The lowest BCUT2D eigenvalue weighted by Gasteiger charge is -2.15.